The Balaban J connectivity index is 1.75. The minimum atomic E-state index is 0.147. The Labute approximate surface area is 117 Å². The van der Waals surface area contributed by atoms with Gasteiger partial charge in [-0.15, -0.1) is 0 Å². The quantitative estimate of drug-likeness (QED) is 0.798. The number of carbonyl (C=O) groups is 1. The van der Waals surface area contributed by atoms with Crippen LogP contribution < -0.4 is 5.32 Å². The Hall–Kier alpha value is -0.830. The number of alkyl halides is 1. The number of nitrogens with one attached hydrogen (secondary N) is 1. The van der Waals surface area contributed by atoms with Gasteiger partial charge < -0.3 is 5.32 Å². The van der Waals surface area contributed by atoms with E-state index in [1.165, 1.54) is 31.2 Å². The smallest absolute Gasteiger partial charge is 0.224 e. The number of rotatable bonds is 5. The fraction of sp³-hybridized carbons (Fsp3) is 0.533. The minimum Gasteiger partial charge on any atom is -0.326 e. The van der Waals surface area contributed by atoms with E-state index in [1.807, 2.05) is 24.3 Å². The van der Waals surface area contributed by atoms with Crippen molar-refractivity contribution in [2.75, 3.05) is 5.32 Å². The lowest BCUT2D eigenvalue weighted by molar-refractivity contribution is -0.116. The number of carbonyl (C=O) groups excluding carboxylic acids is 1. The van der Waals surface area contributed by atoms with Crippen LogP contribution in [-0.2, 0) is 10.1 Å². The molecule has 1 aliphatic carbocycles. The van der Waals surface area contributed by atoms with Crippen LogP contribution in [0.1, 0.15) is 44.1 Å². The number of hydrogen-bond donors (Lipinski definition) is 1. The second-order valence-corrected chi connectivity index (χ2v) is 5.63. The summed E-state index contributed by atoms with van der Waals surface area (Å²) in [4.78, 5) is 11.8. The summed E-state index contributed by atoms with van der Waals surface area (Å²) in [6.07, 6.45) is 7.03. The molecule has 0 saturated heterocycles. The van der Waals surface area contributed by atoms with Crippen LogP contribution in [0, 0.1) is 5.92 Å². The Morgan fingerprint density at radius 3 is 2.50 bits per heavy atom. The first-order valence-corrected chi connectivity index (χ1v) is 7.85. The molecule has 1 aromatic rings. The van der Waals surface area contributed by atoms with Crippen LogP contribution in [0.5, 0.6) is 0 Å². The van der Waals surface area contributed by atoms with E-state index in [0.717, 1.165) is 23.4 Å². The van der Waals surface area contributed by atoms with E-state index >= 15 is 0 Å². The molecular weight excluding hydrogens is 290 g/mol. The summed E-state index contributed by atoms with van der Waals surface area (Å²) in [5.74, 6) is 0.931. The fourth-order valence-electron chi connectivity index (χ4n) is 2.53. The van der Waals surface area contributed by atoms with Crippen molar-refractivity contribution >= 4 is 27.5 Å². The van der Waals surface area contributed by atoms with Gasteiger partial charge in [-0.25, -0.2) is 0 Å². The third kappa shape index (κ3) is 4.13. The third-order valence-corrected chi connectivity index (χ3v) is 4.29. The highest BCUT2D eigenvalue weighted by molar-refractivity contribution is 9.08. The number of hydrogen-bond acceptors (Lipinski definition) is 1. The maximum atomic E-state index is 11.8. The first-order valence-electron chi connectivity index (χ1n) is 6.72. The topological polar surface area (TPSA) is 29.1 Å². The van der Waals surface area contributed by atoms with Gasteiger partial charge in [0.05, 0.1) is 0 Å². The van der Waals surface area contributed by atoms with Crippen molar-refractivity contribution in [1.29, 1.82) is 0 Å². The van der Waals surface area contributed by atoms with E-state index in [-0.39, 0.29) is 5.91 Å². The molecular formula is C15H20BrNO. The van der Waals surface area contributed by atoms with Gasteiger partial charge in [0.1, 0.15) is 0 Å². The highest BCUT2D eigenvalue weighted by Gasteiger charge is 2.16. The molecule has 2 nitrogen and oxygen atoms in total. The lowest BCUT2D eigenvalue weighted by atomic mass is 10.0. The molecule has 0 atom stereocenters. The van der Waals surface area contributed by atoms with E-state index in [1.54, 1.807) is 0 Å². The molecule has 1 N–H and O–H groups in total. The molecule has 0 aromatic heterocycles. The number of amides is 1. The van der Waals surface area contributed by atoms with Crippen LogP contribution in [0.15, 0.2) is 24.3 Å². The van der Waals surface area contributed by atoms with Gasteiger partial charge in [0, 0.05) is 17.4 Å². The minimum absolute atomic E-state index is 0.147. The van der Waals surface area contributed by atoms with E-state index in [2.05, 4.69) is 21.2 Å². The normalized spacial score (nSPS) is 15.8. The molecule has 1 aromatic carbocycles. The summed E-state index contributed by atoms with van der Waals surface area (Å²) in [6.45, 7) is 0. The maximum absolute atomic E-state index is 11.8. The Bertz CT molecular complexity index is 382. The number of halogens is 1. The monoisotopic (exact) mass is 309 g/mol. The van der Waals surface area contributed by atoms with Crippen molar-refractivity contribution in [3.63, 3.8) is 0 Å². The van der Waals surface area contributed by atoms with Gasteiger partial charge in [-0.05, 0) is 30.0 Å². The molecule has 2 rings (SSSR count). The summed E-state index contributed by atoms with van der Waals surface area (Å²) >= 11 is 3.41. The summed E-state index contributed by atoms with van der Waals surface area (Å²) in [5.41, 5.74) is 2.12. The standard InChI is InChI=1S/C15H20BrNO/c16-11-13-5-8-14(9-6-13)17-15(18)10-7-12-3-1-2-4-12/h5-6,8-9,12H,1-4,7,10-11H2,(H,17,18). The molecule has 0 bridgehead atoms. The molecule has 1 aliphatic rings. The van der Waals surface area contributed by atoms with Gasteiger partial charge in [0.25, 0.3) is 0 Å². The molecule has 0 spiro atoms. The molecule has 1 amide bonds. The molecule has 1 saturated carbocycles. The fourth-order valence-corrected chi connectivity index (χ4v) is 2.91. The number of benzene rings is 1. The molecule has 1 fully saturated rings. The van der Waals surface area contributed by atoms with Crippen LogP contribution >= 0.6 is 15.9 Å². The molecule has 0 radical (unpaired) electrons. The van der Waals surface area contributed by atoms with Crippen LogP contribution in [-0.4, -0.2) is 5.91 Å². The van der Waals surface area contributed by atoms with Gasteiger partial charge >= 0.3 is 0 Å². The van der Waals surface area contributed by atoms with E-state index < -0.39 is 0 Å². The van der Waals surface area contributed by atoms with Gasteiger partial charge in [-0.3, -0.25) is 4.79 Å². The maximum Gasteiger partial charge on any atom is 0.224 e. The van der Waals surface area contributed by atoms with E-state index in [0.29, 0.717) is 6.42 Å². The van der Waals surface area contributed by atoms with Crippen LogP contribution in [0.4, 0.5) is 5.69 Å². The second kappa shape index (κ2) is 6.93. The van der Waals surface area contributed by atoms with Gasteiger partial charge in [-0.1, -0.05) is 53.7 Å². The SMILES string of the molecule is O=C(CCC1CCCC1)Nc1ccc(CBr)cc1. The van der Waals surface area contributed by atoms with E-state index in [4.69, 9.17) is 0 Å². The molecule has 0 aliphatic heterocycles. The predicted octanol–water partition coefficient (Wildman–Crippen LogP) is 4.49. The Morgan fingerprint density at radius 1 is 1.22 bits per heavy atom. The Morgan fingerprint density at radius 2 is 1.89 bits per heavy atom. The molecule has 0 unspecified atom stereocenters. The Kier molecular flexibility index (Phi) is 5.24. The predicted molar refractivity (Wildman–Crippen MR) is 78.9 cm³/mol. The lowest BCUT2D eigenvalue weighted by Gasteiger charge is -2.09. The largest absolute Gasteiger partial charge is 0.326 e. The molecule has 98 valence electrons. The van der Waals surface area contributed by atoms with Crippen molar-refractivity contribution in [3.8, 4) is 0 Å². The zero-order chi connectivity index (χ0) is 12.8. The summed E-state index contributed by atoms with van der Waals surface area (Å²) in [7, 11) is 0. The van der Waals surface area contributed by atoms with Crippen molar-refractivity contribution in [2.45, 2.75) is 43.9 Å². The van der Waals surface area contributed by atoms with Crippen molar-refractivity contribution in [3.05, 3.63) is 29.8 Å². The van der Waals surface area contributed by atoms with Crippen molar-refractivity contribution in [2.24, 2.45) is 5.92 Å². The van der Waals surface area contributed by atoms with Crippen LogP contribution in [0.2, 0.25) is 0 Å². The van der Waals surface area contributed by atoms with Crippen molar-refractivity contribution in [1.82, 2.24) is 0 Å². The molecule has 0 heterocycles. The highest BCUT2D eigenvalue weighted by atomic mass is 79.9. The first kappa shape index (κ1) is 13.6. The summed E-state index contributed by atoms with van der Waals surface area (Å²) in [5, 5.41) is 3.81. The van der Waals surface area contributed by atoms with Crippen LogP contribution in [0.3, 0.4) is 0 Å². The first-order chi connectivity index (χ1) is 8.78. The summed E-state index contributed by atoms with van der Waals surface area (Å²) in [6, 6.07) is 7.98. The van der Waals surface area contributed by atoms with E-state index in [9.17, 15) is 4.79 Å². The van der Waals surface area contributed by atoms with Gasteiger partial charge in [-0.2, -0.15) is 0 Å². The van der Waals surface area contributed by atoms with Crippen LogP contribution in [0.25, 0.3) is 0 Å². The van der Waals surface area contributed by atoms with Gasteiger partial charge in [0.2, 0.25) is 5.91 Å². The van der Waals surface area contributed by atoms with Crippen molar-refractivity contribution < 1.29 is 4.79 Å². The zero-order valence-corrected chi connectivity index (χ0v) is 12.2. The highest BCUT2D eigenvalue weighted by Crippen LogP contribution is 2.28. The molecule has 18 heavy (non-hydrogen) atoms. The molecule has 3 heteroatoms. The zero-order valence-electron chi connectivity index (χ0n) is 10.6. The third-order valence-electron chi connectivity index (χ3n) is 3.65. The van der Waals surface area contributed by atoms with Gasteiger partial charge in [0.15, 0.2) is 0 Å². The second-order valence-electron chi connectivity index (χ2n) is 5.07. The number of anilines is 1. The average molecular weight is 310 g/mol. The lowest BCUT2D eigenvalue weighted by Crippen LogP contribution is -2.12. The summed E-state index contributed by atoms with van der Waals surface area (Å²) < 4.78 is 0. The average Bonchev–Trinajstić information content (AvgIpc) is 2.90.